The highest BCUT2D eigenvalue weighted by molar-refractivity contribution is 7.99. The lowest BCUT2D eigenvalue weighted by Crippen LogP contribution is -3.07. The van der Waals surface area contributed by atoms with Crippen molar-refractivity contribution in [2.45, 2.75) is 84.2 Å². The van der Waals surface area contributed by atoms with E-state index in [0.29, 0.717) is 6.17 Å². The second kappa shape index (κ2) is 16.2. The number of hydrogen-bond acceptors (Lipinski definition) is 2. The van der Waals surface area contributed by atoms with Crippen LogP contribution >= 0.6 is 11.8 Å². The second-order valence-electron chi connectivity index (χ2n) is 7.83. The molecule has 4 heteroatoms. The van der Waals surface area contributed by atoms with Crippen LogP contribution in [0.15, 0.2) is 42.7 Å². The third kappa shape index (κ3) is 9.24. The zero-order chi connectivity index (χ0) is 19.2. The molecule has 0 saturated heterocycles. The van der Waals surface area contributed by atoms with Crippen LogP contribution in [-0.2, 0) is 0 Å². The van der Waals surface area contributed by atoms with E-state index < -0.39 is 0 Å². The zero-order valence-electron chi connectivity index (χ0n) is 18.0. The van der Waals surface area contributed by atoms with Crippen molar-refractivity contribution in [3.05, 3.63) is 48.3 Å². The SMILES string of the molecule is CCCCCCCCCCSCN1C=C[NH+](CCCC)C1c1ccccc1.[Cl-]. The summed E-state index contributed by atoms with van der Waals surface area (Å²) in [5.41, 5.74) is 1.45. The number of benzene rings is 1. The Morgan fingerprint density at radius 2 is 1.50 bits per heavy atom. The normalized spacial score (nSPS) is 18.4. The fourth-order valence-electron chi connectivity index (χ4n) is 3.85. The van der Waals surface area contributed by atoms with Crippen LogP contribution in [0.3, 0.4) is 0 Å². The Morgan fingerprint density at radius 1 is 0.857 bits per heavy atom. The maximum atomic E-state index is 2.55. The van der Waals surface area contributed by atoms with Gasteiger partial charge in [0.1, 0.15) is 6.20 Å². The van der Waals surface area contributed by atoms with E-state index in [1.165, 1.54) is 82.1 Å². The minimum Gasteiger partial charge on any atom is -1.00 e. The molecule has 1 N–H and O–H groups in total. The molecule has 0 aromatic heterocycles. The lowest BCUT2D eigenvalue weighted by Gasteiger charge is -2.28. The highest BCUT2D eigenvalue weighted by Gasteiger charge is 2.31. The molecule has 0 fully saturated rings. The largest absolute Gasteiger partial charge is 1.00 e. The lowest BCUT2D eigenvalue weighted by atomic mass is 10.1. The molecule has 0 radical (unpaired) electrons. The Kier molecular flexibility index (Phi) is 14.7. The minimum absolute atomic E-state index is 0. The van der Waals surface area contributed by atoms with Gasteiger partial charge in [-0.1, -0.05) is 95.5 Å². The van der Waals surface area contributed by atoms with Gasteiger partial charge in [0.25, 0.3) is 0 Å². The topological polar surface area (TPSA) is 7.68 Å². The third-order valence-corrected chi connectivity index (χ3v) is 6.54. The Hall–Kier alpha value is -0.640. The van der Waals surface area contributed by atoms with Gasteiger partial charge in [-0.25, -0.2) is 0 Å². The molecular weight excluding hydrogens is 384 g/mol. The number of nitrogens with zero attached hydrogens (tertiary/aromatic N) is 1. The molecule has 2 rings (SSSR count). The van der Waals surface area contributed by atoms with Crippen LogP contribution < -0.4 is 17.3 Å². The first-order chi connectivity index (χ1) is 13.4. The van der Waals surface area contributed by atoms with Gasteiger partial charge in [-0.05, 0) is 18.6 Å². The van der Waals surface area contributed by atoms with Crippen molar-refractivity contribution in [1.29, 1.82) is 0 Å². The molecule has 0 saturated carbocycles. The van der Waals surface area contributed by atoms with Gasteiger partial charge < -0.3 is 17.3 Å². The van der Waals surface area contributed by atoms with Gasteiger partial charge in [0.2, 0.25) is 0 Å². The number of unbranched alkanes of at least 4 members (excludes halogenated alkanes) is 8. The van der Waals surface area contributed by atoms with Crippen molar-refractivity contribution in [1.82, 2.24) is 4.90 Å². The van der Waals surface area contributed by atoms with Gasteiger partial charge in [-0.3, -0.25) is 4.90 Å². The molecule has 28 heavy (non-hydrogen) atoms. The van der Waals surface area contributed by atoms with E-state index >= 15 is 0 Å². The summed E-state index contributed by atoms with van der Waals surface area (Å²) in [6.07, 6.45) is 19.0. The summed E-state index contributed by atoms with van der Waals surface area (Å²) in [7, 11) is 0. The van der Waals surface area contributed by atoms with E-state index in [9.17, 15) is 0 Å². The number of nitrogens with one attached hydrogen (secondary N) is 1. The van der Waals surface area contributed by atoms with Gasteiger partial charge in [0, 0.05) is 5.56 Å². The molecule has 1 heterocycles. The first kappa shape index (κ1) is 25.4. The first-order valence-corrected chi connectivity index (χ1v) is 12.4. The summed E-state index contributed by atoms with van der Waals surface area (Å²) in [5, 5.41) is 0. The van der Waals surface area contributed by atoms with E-state index in [0.717, 1.165) is 5.88 Å². The molecule has 0 amide bonds. The molecule has 0 aliphatic carbocycles. The molecule has 0 bridgehead atoms. The summed E-state index contributed by atoms with van der Waals surface area (Å²) < 4.78 is 0. The van der Waals surface area contributed by atoms with Crippen LogP contribution in [0.4, 0.5) is 0 Å². The fraction of sp³-hybridized carbons (Fsp3) is 0.667. The number of halogens is 1. The average molecular weight is 425 g/mol. The maximum Gasteiger partial charge on any atom is 0.194 e. The standard InChI is InChI=1S/C24H40N2S.ClH/c1-3-5-7-8-9-10-11-15-21-27-22-26-20-19-25(18-6-4-2)24(26)23-16-13-12-14-17-23;/h12-14,16-17,19-20,24H,3-11,15,18,21-22H2,1-2H3;1H. The molecule has 1 aromatic rings. The van der Waals surface area contributed by atoms with Crippen LogP contribution in [0, 0.1) is 0 Å². The van der Waals surface area contributed by atoms with E-state index in [-0.39, 0.29) is 12.4 Å². The molecule has 1 aliphatic rings. The molecule has 1 aliphatic heterocycles. The zero-order valence-corrected chi connectivity index (χ0v) is 19.6. The highest BCUT2D eigenvalue weighted by Crippen LogP contribution is 2.22. The van der Waals surface area contributed by atoms with E-state index in [4.69, 9.17) is 0 Å². The van der Waals surface area contributed by atoms with Gasteiger partial charge in [0.15, 0.2) is 6.17 Å². The van der Waals surface area contributed by atoms with Crippen molar-refractivity contribution < 1.29 is 17.3 Å². The summed E-state index contributed by atoms with van der Waals surface area (Å²) in [5.74, 6) is 2.41. The predicted molar refractivity (Wildman–Crippen MR) is 121 cm³/mol. The molecular formula is C24H41ClN2S. The summed E-state index contributed by atoms with van der Waals surface area (Å²) >= 11 is 2.11. The fourth-order valence-corrected chi connectivity index (χ4v) is 4.83. The number of hydrogen-bond donors (Lipinski definition) is 1. The summed E-state index contributed by atoms with van der Waals surface area (Å²) in [4.78, 5) is 4.14. The Balaban J connectivity index is 0.00000392. The van der Waals surface area contributed by atoms with Crippen molar-refractivity contribution in [3.8, 4) is 0 Å². The van der Waals surface area contributed by atoms with Crippen molar-refractivity contribution >= 4 is 11.8 Å². The molecule has 2 unspecified atom stereocenters. The molecule has 2 nitrogen and oxygen atoms in total. The maximum absolute atomic E-state index is 2.55. The Labute approximate surface area is 184 Å². The molecule has 0 spiro atoms. The van der Waals surface area contributed by atoms with Crippen molar-refractivity contribution in [3.63, 3.8) is 0 Å². The lowest BCUT2D eigenvalue weighted by molar-refractivity contribution is -0.884. The summed E-state index contributed by atoms with van der Waals surface area (Å²) in [6, 6.07) is 11.1. The van der Waals surface area contributed by atoms with Gasteiger partial charge in [-0.15, -0.1) is 11.8 Å². The first-order valence-electron chi connectivity index (χ1n) is 11.3. The predicted octanol–water partition coefficient (Wildman–Crippen LogP) is 2.99. The molecule has 1 aromatic carbocycles. The van der Waals surface area contributed by atoms with Crippen molar-refractivity contribution in [2.24, 2.45) is 0 Å². The van der Waals surface area contributed by atoms with Crippen molar-refractivity contribution in [2.75, 3.05) is 18.2 Å². The van der Waals surface area contributed by atoms with Gasteiger partial charge in [0.05, 0.1) is 18.6 Å². The average Bonchev–Trinajstić information content (AvgIpc) is 3.11. The Bertz CT molecular complexity index is 509. The number of quaternary nitrogens is 1. The van der Waals surface area contributed by atoms with Gasteiger partial charge in [-0.2, -0.15) is 0 Å². The van der Waals surface area contributed by atoms with E-state index in [2.05, 4.69) is 73.2 Å². The van der Waals surface area contributed by atoms with Crippen LogP contribution in [0.5, 0.6) is 0 Å². The highest BCUT2D eigenvalue weighted by atomic mass is 35.5. The van der Waals surface area contributed by atoms with E-state index in [1.54, 1.807) is 4.90 Å². The smallest absolute Gasteiger partial charge is 0.194 e. The van der Waals surface area contributed by atoms with Crippen LogP contribution in [0.1, 0.15) is 89.8 Å². The van der Waals surface area contributed by atoms with E-state index in [1.807, 2.05) is 0 Å². The third-order valence-electron chi connectivity index (χ3n) is 5.48. The Morgan fingerprint density at radius 3 is 2.18 bits per heavy atom. The van der Waals surface area contributed by atoms with Crippen LogP contribution in [0.25, 0.3) is 0 Å². The summed E-state index contributed by atoms with van der Waals surface area (Å²) in [6.45, 7) is 5.81. The van der Waals surface area contributed by atoms with Gasteiger partial charge >= 0.3 is 0 Å². The second-order valence-corrected chi connectivity index (χ2v) is 8.91. The minimum atomic E-state index is 0. The number of rotatable bonds is 15. The quantitative estimate of drug-likeness (QED) is 0.433. The monoisotopic (exact) mass is 424 g/mol. The van der Waals surface area contributed by atoms with Crippen LogP contribution in [-0.4, -0.2) is 23.1 Å². The number of thioether (sulfide) groups is 1. The molecule has 160 valence electrons. The molecule has 2 atom stereocenters. The van der Waals surface area contributed by atoms with Crippen LogP contribution in [0.2, 0.25) is 0 Å².